The second kappa shape index (κ2) is 8.29. The van der Waals surface area contributed by atoms with E-state index in [2.05, 4.69) is 31.2 Å². The molecule has 2 aromatic heterocycles. The molecular formula is C18H21BrF3N5O3. The van der Waals surface area contributed by atoms with Gasteiger partial charge in [-0.05, 0) is 42.1 Å². The number of nitrogens with zero attached hydrogens (tertiary/aromatic N) is 5. The van der Waals surface area contributed by atoms with Crippen LogP contribution in [-0.2, 0) is 22.3 Å². The molecule has 0 aliphatic carbocycles. The minimum Gasteiger partial charge on any atom is -0.381 e. The topological polar surface area (TPSA) is 86.3 Å². The van der Waals surface area contributed by atoms with Gasteiger partial charge in [0.25, 0.3) is 0 Å². The van der Waals surface area contributed by atoms with Gasteiger partial charge in [-0.3, -0.25) is 9.48 Å². The lowest BCUT2D eigenvalue weighted by atomic mass is 10.00. The van der Waals surface area contributed by atoms with E-state index in [0.29, 0.717) is 44.4 Å². The molecule has 0 N–H and O–H groups in total. The molecule has 8 nitrogen and oxygen atoms in total. The third kappa shape index (κ3) is 4.25. The van der Waals surface area contributed by atoms with Crippen molar-refractivity contribution in [2.24, 2.45) is 0 Å². The van der Waals surface area contributed by atoms with Crippen LogP contribution in [0.15, 0.2) is 9.00 Å². The molecule has 0 bridgehead atoms. The normalized spacial score (nSPS) is 20.8. The SMILES string of the molecule is Cc1c(Br)c(C(F)(F)F)nn1CC(=O)N1CC[C@H](c2nc(C3CCOCC3)no2)C1. The largest absolute Gasteiger partial charge is 0.436 e. The number of carbonyl (C=O) groups excluding carboxylic acids is 1. The number of halogens is 4. The number of amides is 1. The third-order valence-corrected chi connectivity index (χ3v) is 6.57. The van der Waals surface area contributed by atoms with Crippen molar-refractivity contribution >= 4 is 21.8 Å². The first kappa shape index (κ1) is 21.3. The van der Waals surface area contributed by atoms with Crippen LogP contribution in [0.2, 0.25) is 0 Å². The van der Waals surface area contributed by atoms with Crippen LogP contribution in [0.25, 0.3) is 0 Å². The van der Waals surface area contributed by atoms with Crippen molar-refractivity contribution < 1.29 is 27.2 Å². The smallest absolute Gasteiger partial charge is 0.381 e. The summed E-state index contributed by atoms with van der Waals surface area (Å²) in [7, 11) is 0. The number of aromatic nitrogens is 4. The highest BCUT2D eigenvalue weighted by Gasteiger charge is 2.38. The first-order valence-corrected chi connectivity index (χ1v) is 10.5. The van der Waals surface area contributed by atoms with Crippen LogP contribution in [0.5, 0.6) is 0 Å². The first-order chi connectivity index (χ1) is 14.2. The van der Waals surface area contributed by atoms with E-state index < -0.39 is 11.9 Å². The number of likely N-dealkylation sites (tertiary alicyclic amines) is 1. The molecule has 1 atom stereocenters. The number of hydrogen-bond acceptors (Lipinski definition) is 6. The molecule has 4 heterocycles. The zero-order valence-corrected chi connectivity index (χ0v) is 17.9. The fraction of sp³-hybridized carbons (Fsp3) is 0.667. The lowest BCUT2D eigenvalue weighted by Crippen LogP contribution is -2.32. The predicted octanol–water partition coefficient (Wildman–Crippen LogP) is 3.27. The zero-order chi connectivity index (χ0) is 21.5. The molecule has 2 fully saturated rings. The second-order valence-corrected chi connectivity index (χ2v) is 8.40. The number of hydrogen-bond donors (Lipinski definition) is 0. The molecule has 30 heavy (non-hydrogen) atoms. The molecule has 0 aromatic carbocycles. The highest BCUT2D eigenvalue weighted by Crippen LogP contribution is 2.36. The Kier molecular flexibility index (Phi) is 5.88. The van der Waals surface area contributed by atoms with Crippen molar-refractivity contribution in [1.82, 2.24) is 24.8 Å². The number of alkyl halides is 3. The van der Waals surface area contributed by atoms with Crippen molar-refractivity contribution in [2.45, 2.75) is 50.7 Å². The molecule has 0 spiro atoms. The van der Waals surface area contributed by atoms with Gasteiger partial charge < -0.3 is 14.2 Å². The standard InChI is InChI=1S/C18H21BrF3N5O3/c1-10-14(19)15(18(20,21)22)24-27(10)9-13(28)26-5-2-12(8-26)17-23-16(25-30-17)11-3-6-29-7-4-11/h11-12H,2-9H2,1H3/t12-/m0/s1. The molecule has 2 saturated heterocycles. The van der Waals surface area contributed by atoms with Crippen LogP contribution in [0.3, 0.4) is 0 Å². The summed E-state index contributed by atoms with van der Waals surface area (Å²) < 4.78 is 50.8. The minimum absolute atomic E-state index is 0.0776. The summed E-state index contributed by atoms with van der Waals surface area (Å²) >= 11 is 2.92. The van der Waals surface area contributed by atoms with Gasteiger partial charge in [0, 0.05) is 32.2 Å². The minimum atomic E-state index is -4.59. The highest BCUT2D eigenvalue weighted by atomic mass is 79.9. The van der Waals surface area contributed by atoms with E-state index in [1.54, 1.807) is 4.90 Å². The lowest BCUT2D eigenvalue weighted by molar-refractivity contribution is -0.142. The Morgan fingerprint density at radius 1 is 1.23 bits per heavy atom. The molecule has 2 aliphatic heterocycles. The first-order valence-electron chi connectivity index (χ1n) is 9.73. The van der Waals surface area contributed by atoms with Crippen molar-refractivity contribution in [3.8, 4) is 0 Å². The molecule has 1 amide bonds. The van der Waals surface area contributed by atoms with Crippen molar-refractivity contribution in [1.29, 1.82) is 0 Å². The average Bonchev–Trinajstić information content (AvgIpc) is 3.43. The lowest BCUT2D eigenvalue weighted by Gasteiger charge is -2.18. The van der Waals surface area contributed by atoms with Crippen LogP contribution < -0.4 is 0 Å². The average molecular weight is 492 g/mol. The zero-order valence-electron chi connectivity index (χ0n) is 16.3. The second-order valence-electron chi connectivity index (χ2n) is 7.61. The fourth-order valence-electron chi connectivity index (χ4n) is 3.81. The van der Waals surface area contributed by atoms with Crippen molar-refractivity contribution in [2.75, 3.05) is 26.3 Å². The summed E-state index contributed by atoms with van der Waals surface area (Å²) in [5.74, 6) is 1.03. The summed E-state index contributed by atoms with van der Waals surface area (Å²) in [6.45, 7) is 3.46. The third-order valence-electron chi connectivity index (χ3n) is 5.62. The van der Waals surface area contributed by atoms with Crippen LogP contribution in [0, 0.1) is 6.92 Å². The van der Waals surface area contributed by atoms with E-state index in [1.165, 1.54) is 6.92 Å². The molecule has 164 valence electrons. The van der Waals surface area contributed by atoms with Crippen LogP contribution in [-0.4, -0.2) is 57.0 Å². The van der Waals surface area contributed by atoms with E-state index >= 15 is 0 Å². The van der Waals surface area contributed by atoms with Gasteiger partial charge in [0.2, 0.25) is 11.8 Å². The summed E-state index contributed by atoms with van der Waals surface area (Å²) in [5, 5.41) is 7.67. The Labute approximate surface area is 178 Å². The summed E-state index contributed by atoms with van der Waals surface area (Å²) in [4.78, 5) is 18.8. The van der Waals surface area contributed by atoms with Gasteiger partial charge in [0.15, 0.2) is 11.5 Å². The molecule has 4 rings (SSSR count). The van der Waals surface area contributed by atoms with Crippen LogP contribution >= 0.6 is 15.9 Å². The number of ether oxygens (including phenoxy) is 1. The van der Waals surface area contributed by atoms with E-state index in [-0.39, 0.29) is 34.5 Å². The Morgan fingerprint density at radius 2 is 1.97 bits per heavy atom. The maximum atomic E-state index is 13.0. The summed E-state index contributed by atoms with van der Waals surface area (Å²) in [6, 6.07) is 0. The highest BCUT2D eigenvalue weighted by molar-refractivity contribution is 9.10. The Morgan fingerprint density at radius 3 is 2.63 bits per heavy atom. The van der Waals surface area contributed by atoms with Crippen molar-refractivity contribution in [3.05, 3.63) is 27.6 Å². The Hall–Kier alpha value is -1.95. The maximum absolute atomic E-state index is 13.0. The van der Waals surface area contributed by atoms with Gasteiger partial charge in [-0.1, -0.05) is 5.16 Å². The van der Waals surface area contributed by atoms with E-state index in [9.17, 15) is 18.0 Å². The van der Waals surface area contributed by atoms with Gasteiger partial charge in [-0.15, -0.1) is 0 Å². The van der Waals surface area contributed by atoms with Gasteiger partial charge in [-0.25, -0.2) is 0 Å². The van der Waals surface area contributed by atoms with E-state index in [1.807, 2.05) is 0 Å². The van der Waals surface area contributed by atoms with Crippen LogP contribution in [0.1, 0.15) is 54.2 Å². The fourth-order valence-corrected chi connectivity index (χ4v) is 4.32. The van der Waals surface area contributed by atoms with Gasteiger partial charge in [-0.2, -0.15) is 23.3 Å². The number of carbonyl (C=O) groups is 1. The van der Waals surface area contributed by atoms with Gasteiger partial charge in [0.05, 0.1) is 16.1 Å². The van der Waals surface area contributed by atoms with Crippen molar-refractivity contribution in [3.63, 3.8) is 0 Å². The quantitative estimate of drug-likeness (QED) is 0.652. The van der Waals surface area contributed by atoms with E-state index in [4.69, 9.17) is 9.26 Å². The van der Waals surface area contributed by atoms with E-state index in [0.717, 1.165) is 17.5 Å². The predicted molar refractivity (Wildman–Crippen MR) is 101 cm³/mol. The Balaban J connectivity index is 1.39. The molecule has 12 heteroatoms. The van der Waals surface area contributed by atoms with Crippen LogP contribution in [0.4, 0.5) is 13.2 Å². The monoisotopic (exact) mass is 491 g/mol. The van der Waals surface area contributed by atoms with Gasteiger partial charge >= 0.3 is 6.18 Å². The Bertz CT molecular complexity index is 923. The maximum Gasteiger partial charge on any atom is 0.436 e. The number of rotatable bonds is 4. The molecular weight excluding hydrogens is 471 g/mol. The molecule has 2 aliphatic rings. The van der Waals surface area contributed by atoms with Gasteiger partial charge in [0.1, 0.15) is 6.54 Å². The molecule has 2 aromatic rings. The molecule has 0 radical (unpaired) electrons. The molecule has 0 unspecified atom stereocenters. The summed E-state index contributed by atoms with van der Waals surface area (Å²) in [5.41, 5.74) is -0.775. The summed E-state index contributed by atoms with van der Waals surface area (Å²) in [6.07, 6.45) is -2.21. The molecule has 0 saturated carbocycles.